The number of amides is 4. The lowest BCUT2D eigenvalue weighted by Crippen LogP contribution is -2.38. The molecule has 0 spiro atoms. The van der Waals surface area contributed by atoms with Gasteiger partial charge in [0.1, 0.15) is 12.2 Å². The smallest absolute Gasteiger partial charge is 0.325 e. The van der Waals surface area contributed by atoms with E-state index in [-0.39, 0.29) is 12.2 Å². The molecule has 4 amide bonds. The Balaban J connectivity index is 1.71. The van der Waals surface area contributed by atoms with Crippen molar-refractivity contribution >= 4 is 52.2 Å². The van der Waals surface area contributed by atoms with E-state index in [0.717, 1.165) is 19.6 Å². The lowest BCUT2D eigenvalue weighted by Gasteiger charge is -2.12. The van der Waals surface area contributed by atoms with Crippen molar-refractivity contribution in [3.8, 4) is 0 Å². The van der Waals surface area contributed by atoms with Crippen molar-refractivity contribution in [2.24, 2.45) is 0 Å². The van der Waals surface area contributed by atoms with Crippen LogP contribution >= 0.6 is 22.6 Å². The predicted octanol–water partition coefficient (Wildman–Crippen LogP) is 3.13. The van der Waals surface area contributed by atoms with Gasteiger partial charge in [-0.1, -0.05) is 30.3 Å². The highest BCUT2D eigenvalue weighted by atomic mass is 127. The number of rotatable bonds is 4. The van der Waals surface area contributed by atoms with Gasteiger partial charge in [-0.15, -0.1) is 0 Å². The van der Waals surface area contributed by atoms with Crippen LogP contribution in [0.3, 0.4) is 0 Å². The highest BCUT2D eigenvalue weighted by Crippen LogP contribution is 2.18. The standard InChI is InChI=1S/C19H16IN3O3/c1-12-5-4-7-14(9-12)21-17(24)11-23-18(25)16(22-19(23)26)10-13-6-2-3-8-15(13)20/h2-10H,11H2,1H3,(H,21,24)(H,22,26)/b16-10-. The van der Waals surface area contributed by atoms with Gasteiger partial charge in [0.2, 0.25) is 5.91 Å². The van der Waals surface area contributed by atoms with E-state index in [1.165, 1.54) is 0 Å². The summed E-state index contributed by atoms with van der Waals surface area (Å²) in [6.07, 6.45) is 1.61. The van der Waals surface area contributed by atoms with Crippen molar-refractivity contribution in [3.05, 3.63) is 68.9 Å². The molecular weight excluding hydrogens is 445 g/mol. The summed E-state index contributed by atoms with van der Waals surface area (Å²) in [5, 5.41) is 5.21. The van der Waals surface area contributed by atoms with Crippen LogP contribution in [-0.2, 0) is 9.59 Å². The van der Waals surface area contributed by atoms with E-state index in [2.05, 4.69) is 33.2 Å². The number of hydrogen-bond donors (Lipinski definition) is 2. The van der Waals surface area contributed by atoms with Crippen LogP contribution in [0.2, 0.25) is 0 Å². The average molecular weight is 461 g/mol. The molecule has 0 atom stereocenters. The molecule has 3 rings (SSSR count). The minimum Gasteiger partial charge on any atom is -0.325 e. The predicted molar refractivity (Wildman–Crippen MR) is 107 cm³/mol. The first-order chi connectivity index (χ1) is 12.4. The molecule has 1 heterocycles. The second-order valence-electron chi connectivity index (χ2n) is 5.82. The van der Waals surface area contributed by atoms with Gasteiger partial charge in [-0.25, -0.2) is 9.69 Å². The number of imide groups is 1. The molecule has 0 saturated carbocycles. The first kappa shape index (κ1) is 18.1. The monoisotopic (exact) mass is 461 g/mol. The number of carbonyl (C=O) groups excluding carboxylic acids is 3. The molecule has 132 valence electrons. The third kappa shape index (κ3) is 4.10. The Labute approximate surface area is 164 Å². The summed E-state index contributed by atoms with van der Waals surface area (Å²) >= 11 is 2.15. The Morgan fingerprint density at radius 1 is 1.19 bits per heavy atom. The number of carbonyl (C=O) groups is 3. The summed E-state index contributed by atoms with van der Waals surface area (Å²) in [6.45, 7) is 1.57. The maximum atomic E-state index is 12.5. The number of anilines is 1. The van der Waals surface area contributed by atoms with E-state index in [0.29, 0.717) is 5.69 Å². The van der Waals surface area contributed by atoms with Gasteiger partial charge in [0.05, 0.1) is 0 Å². The highest BCUT2D eigenvalue weighted by Gasteiger charge is 2.35. The molecule has 1 aliphatic heterocycles. The number of aryl methyl sites for hydroxylation is 1. The Morgan fingerprint density at radius 2 is 1.96 bits per heavy atom. The molecule has 0 aromatic heterocycles. The maximum Gasteiger partial charge on any atom is 0.329 e. The molecule has 0 radical (unpaired) electrons. The zero-order valence-corrected chi connectivity index (χ0v) is 16.1. The number of nitrogens with one attached hydrogen (secondary N) is 2. The molecule has 2 N–H and O–H groups in total. The average Bonchev–Trinajstić information content (AvgIpc) is 2.84. The fraction of sp³-hybridized carbons (Fsp3) is 0.105. The number of nitrogens with zero attached hydrogens (tertiary/aromatic N) is 1. The summed E-state index contributed by atoms with van der Waals surface area (Å²) < 4.78 is 0.954. The Hall–Kier alpha value is -2.68. The summed E-state index contributed by atoms with van der Waals surface area (Å²) in [4.78, 5) is 37.6. The Morgan fingerprint density at radius 3 is 2.69 bits per heavy atom. The molecule has 2 aromatic rings. The number of halogens is 1. The van der Waals surface area contributed by atoms with Gasteiger partial charge in [-0.05, 0) is 64.9 Å². The van der Waals surface area contributed by atoms with Crippen molar-refractivity contribution in [2.45, 2.75) is 6.92 Å². The molecule has 2 aromatic carbocycles. The molecule has 6 nitrogen and oxygen atoms in total. The second kappa shape index (κ2) is 7.69. The lowest BCUT2D eigenvalue weighted by molar-refractivity contribution is -0.127. The second-order valence-corrected chi connectivity index (χ2v) is 6.98. The van der Waals surface area contributed by atoms with Crippen LogP contribution in [0, 0.1) is 10.5 Å². The van der Waals surface area contributed by atoms with Crippen LogP contribution in [0.5, 0.6) is 0 Å². The van der Waals surface area contributed by atoms with Crippen molar-refractivity contribution < 1.29 is 14.4 Å². The Bertz CT molecular complexity index is 924. The zero-order chi connectivity index (χ0) is 18.7. The van der Waals surface area contributed by atoms with E-state index >= 15 is 0 Å². The summed E-state index contributed by atoms with van der Waals surface area (Å²) in [7, 11) is 0. The summed E-state index contributed by atoms with van der Waals surface area (Å²) in [6, 6.07) is 14.2. The molecule has 7 heteroatoms. The lowest BCUT2D eigenvalue weighted by atomic mass is 10.2. The van der Waals surface area contributed by atoms with Gasteiger partial charge in [-0.2, -0.15) is 0 Å². The van der Waals surface area contributed by atoms with Crippen LogP contribution in [0.25, 0.3) is 6.08 Å². The number of hydrogen-bond acceptors (Lipinski definition) is 3. The molecular formula is C19H16IN3O3. The fourth-order valence-corrected chi connectivity index (χ4v) is 3.07. The van der Waals surface area contributed by atoms with Gasteiger partial charge in [0.15, 0.2) is 0 Å². The van der Waals surface area contributed by atoms with E-state index in [9.17, 15) is 14.4 Å². The van der Waals surface area contributed by atoms with Gasteiger partial charge in [0.25, 0.3) is 5.91 Å². The number of benzene rings is 2. The van der Waals surface area contributed by atoms with Crippen molar-refractivity contribution in [1.29, 1.82) is 0 Å². The topological polar surface area (TPSA) is 78.5 Å². The normalized spacial score (nSPS) is 15.3. The van der Waals surface area contributed by atoms with Crippen LogP contribution in [0.4, 0.5) is 10.5 Å². The SMILES string of the molecule is Cc1cccc(NC(=O)CN2C(=O)N/C(=C\c3ccccc3I)C2=O)c1. The van der Waals surface area contributed by atoms with Gasteiger partial charge in [-0.3, -0.25) is 9.59 Å². The van der Waals surface area contributed by atoms with Crippen LogP contribution in [0.15, 0.2) is 54.2 Å². The minimum absolute atomic E-state index is 0.155. The summed E-state index contributed by atoms with van der Waals surface area (Å²) in [5.74, 6) is -0.955. The van der Waals surface area contributed by atoms with E-state index in [4.69, 9.17) is 0 Å². The largest absolute Gasteiger partial charge is 0.329 e. The molecule has 1 saturated heterocycles. The van der Waals surface area contributed by atoms with Crippen molar-refractivity contribution in [3.63, 3.8) is 0 Å². The van der Waals surface area contributed by atoms with Gasteiger partial charge >= 0.3 is 6.03 Å². The molecule has 1 aliphatic rings. The van der Waals surface area contributed by atoms with Gasteiger partial charge in [0, 0.05) is 9.26 Å². The van der Waals surface area contributed by atoms with E-state index in [1.807, 2.05) is 49.4 Å². The van der Waals surface area contributed by atoms with E-state index in [1.54, 1.807) is 12.1 Å². The quantitative estimate of drug-likeness (QED) is 0.418. The molecule has 0 unspecified atom stereocenters. The third-order valence-corrected chi connectivity index (χ3v) is 4.75. The molecule has 0 aliphatic carbocycles. The first-order valence-electron chi connectivity index (χ1n) is 7.89. The van der Waals surface area contributed by atoms with Crippen LogP contribution in [-0.4, -0.2) is 29.3 Å². The highest BCUT2D eigenvalue weighted by molar-refractivity contribution is 14.1. The minimum atomic E-state index is -0.605. The van der Waals surface area contributed by atoms with Crippen molar-refractivity contribution in [1.82, 2.24) is 10.2 Å². The third-order valence-electron chi connectivity index (χ3n) is 3.77. The molecule has 1 fully saturated rings. The maximum absolute atomic E-state index is 12.5. The van der Waals surface area contributed by atoms with E-state index < -0.39 is 17.8 Å². The first-order valence-corrected chi connectivity index (χ1v) is 8.97. The zero-order valence-electron chi connectivity index (χ0n) is 14.0. The Kier molecular flexibility index (Phi) is 5.36. The number of urea groups is 1. The summed E-state index contributed by atoms with van der Waals surface area (Å²) in [5.41, 5.74) is 2.60. The van der Waals surface area contributed by atoms with Crippen LogP contribution in [0.1, 0.15) is 11.1 Å². The molecule has 26 heavy (non-hydrogen) atoms. The fourth-order valence-electron chi connectivity index (χ4n) is 2.53. The molecule has 0 bridgehead atoms. The van der Waals surface area contributed by atoms with Gasteiger partial charge < -0.3 is 10.6 Å². The van der Waals surface area contributed by atoms with Crippen molar-refractivity contribution in [2.75, 3.05) is 11.9 Å². The van der Waals surface area contributed by atoms with Crippen LogP contribution < -0.4 is 10.6 Å².